The summed E-state index contributed by atoms with van der Waals surface area (Å²) >= 11 is 0. The number of carbonyl (C=O) groups excluding carboxylic acids is 1. The lowest BCUT2D eigenvalue weighted by Crippen LogP contribution is -2.30. The van der Waals surface area contributed by atoms with Crippen LogP contribution in [0.15, 0.2) is 30.3 Å². The van der Waals surface area contributed by atoms with Crippen LogP contribution in [0.2, 0.25) is 0 Å². The van der Waals surface area contributed by atoms with Gasteiger partial charge >= 0.3 is 0 Å². The van der Waals surface area contributed by atoms with E-state index in [0.29, 0.717) is 6.54 Å². The topological polar surface area (TPSA) is 72.2 Å². The molecule has 1 aromatic rings. The van der Waals surface area contributed by atoms with Crippen LogP contribution in [-0.2, 0) is 11.2 Å². The predicted molar refractivity (Wildman–Crippen MR) is 59.6 cm³/mol. The fourth-order valence-electron chi connectivity index (χ4n) is 1.34. The van der Waals surface area contributed by atoms with Gasteiger partial charge in [-0.25, -0.2) is 0 Å². The van der Waals surface area contributed by atoms with Crippen molar-refractivity contribution in [2.75, 3.05) is 13.1 Å². The summed E-state index contributed by atoms with van der Waals surface area (Å²) < 4.78 is 0. The summed E-state index contributed by atoms with van der Waals surface area (Å²) in [5, 5.41) is 12.5. The number of benzene rings is 1. The number of nitro groups is 1. The zero-order chi connectivity index (χ0) is 11.8. The Morgan fingerprint density at radius 1 is 1.31 bits per heavy atom. The van der Waals surface area contributed by atoms with Crippen LogP contribution in [0.5, 0.6) is 0 Å². The second kappa shape index (κ2) is 6.55. The van der Waals surface area contributed by atoms with Gasteiger partial charge in [0.2, 0.25) is 0 Å². The number of hydrogen-bond donors (Lipinski definition) is 1. The Labute approximate surface area is 93.6 Å². The molecule has 0 saturated heterocycles. The zero-order valence-electron chi connectivity index (χ0n) is 8.89. The minimum absolute atomic E-state index is 0.474. The molecule has 0 fully saturated rings. The second-order valence-corrected chi connectivity index (χ2v) is 3.43. The van der Waals surface area contributed by atoms with Crippen LogP contribution < -0.4 is 5.32 Å². The lowest BCUT2D eigenvalue weighted by Gasteiger charge is -2.02. The van der Waals surface area contributed by atoms with Crippen molar-refractivity contribution in [3.63, 3.8) is 0 Å². The van der Waals surface area contributed by atoms with Gasteiger partial charge in [0, 0.05) is 11.5 Å². The highest BCUT2D eigenvalue weighted by molar-refractivity contribution is 5.76. The molecule has 1 rings (SSSR count). The summed E-state index contributed by atoms with van der Waals surface area (Å²) in [5.41, 5.74) is 1.20. The molecule has 0 spiro atoms. The number of carbonyl (C=O) groups is 1. The first kappa shape index (κ1) is 12.2. The van der Waals surface area contributed by atoms with Gasteiger partial charge in [-0.15, -0.1) is 0 Å². The van der Waals surface area contributed by atoms with Gasteiger partial charge in [0.15, 0.2) is 0 Å². The van der Waals surface area contributed by atoms with Crippen LogP contribution in [0, 0.1) is 10.1 Å². The monoisotopic (exact) mass is 222 g/mol. The maximum atomic E-state index is 10.9. The van der Waals surface area contributed by atoms with E-state index in [0.717, 1.165) is 12.8 Å². The first-order valence-corrected chi connectivity index (χ1v) is 5.11. The number of rotatable bonds is 6. The highest BCUT2D eigenvalue weighted by Crippen LogP contribution is 2.01. The minimum Gasteiger partial charge on any atom is -0.350 e. The smallest absolute Gasteiger partial charge is 0.291 e. The van der Waals surface area contributed by atoms with E-state index < -0.39 is 17.4 Å². The summed E-state index contributed by atoms with van der Waals surface area (Å²) in [5.74, 6) is -0.530. The van der Waals surface area contributed by atoms with E-state index in [2.05, 4.69) is 5.32 Å². The van der Waals surface area contributed by atoms with E-state index in [9.17, 15) is 14.9 Å². The summed E-state index contributed by atoms with van der Waals surface area (Å²) in [6, 6.07) is 9.89. The molecule has 0 aliphatic rings. The van der Waals surface area contributed by atoms with E-state index in [1.165, 1.54) is 5.56 Å². The first-order valence-electron chi connectivity index (χ1n) is 5.11. The van der Waals surface area contributed by atoms with Crippen molar-refractivity contribution in [2.24, 2.45) is 0 Å². The van der Waals surface area contributed by atoms with Crippen molar-refractivity contribution in [2.45, 2.75) is 12.8 Å². The number of hydrogen-bond acceptors (Lipinski definition) is 3. The van der Waals surface area contributed by atoms with Crippen molar-refractivity contribution in [1.82, 2.24) is 5.32 Å². The van der Waals surface area contributed by atoms with Crippen molar-refractivity contribution in [3.05, 3.63) is 46.0 Å². The van der Waals surface area contributed by atoms with Gasteiger partial charge in [0.25, 0.3) is 12.5 Å². The molecule has 0 aliphatic heterocycles. The average Bonchev–Trinajstić information content (AvgIpc) is 2.25. The minimum atomic E-state index is -0.647. The molecule has 0 atom stereocenters. The molecule has 0 heterocycles. The van der Waals surface area contributed by atoms with Crippen molar-refractivity contribution < 1.29 is 9.72 Å². The third kappa shape index (κ3) is 5.09. The quantitative estimate of drug-likeness (QED) is 0.443. The van der Waals surface area contributed by atoms with E-state index in [-0.39, 0.29) is 0 Å². The SMILES string of the molecule is O=C(C[N+](=O)[O-])NCCCc1ccccc1. The van der Waals surface area contributed by atoms with Gasteiger partial charge in [-0.1, -0.05) is 30.3 Å². The van der Waals surface area contributed by atoms with Crippen molar-refractivity contribution in [1.29, 1.82) is 0 Å². The van der Waals surface area contributed by atoms with Crippen molar-refractivity contribution >= 4 is 5.91 Å². The molecule has 0 aromatic heterocycles. The molecular formula is C11H14N2O3. The third-order valence-corrected chi connectivity index (χ3v) is 2.08. The van der Waals surface area contributed by atoms with Crippen LogP contribution in [0.3, 0.4) is 0 Å². The Bertz CT molecular complexity index is 352. The highest BCUT2D eigenvalue weighted by atomic mass is 16.6. The number of amides is 1. The molecule has 0 bridgehead atoms. The molecular weight excluding hydrogens is 208 g/mol. The van der Waals surface area contributed by atoms with Gasteiger partial charge in [0.1, 0.15) is 0 Å². The molecule has 0 saturated carbocycles. The van der Waals surface area contributed by atoms with Gasteiger partial charge < -0.3 is 5.32 Å². The van der Waals surface area contributed by atoms with Crippen LogP contribution in [0.1, 0.15) is 12.0 Å². The largest absolute Gasteiger partial charge is 0.350 e. The fourth-order valence-corrected chi connectivity index (χ4v) is 1.34. The van der Waals surface area contributed by atoms with Crippen molar-refractivity contribution in [3.8, 4) is 0 Å². The Hall–Kier alpha value is -1.91. The normalized spacial score (nSPS) is 9.75. The lowest BCUT2D eigenvalue weighted by molar-refractivity contribution is -0.467. The molecule has 5 heteroatoms. The third-order valence-electron chi connectivity index (χ3n) is 2.08. The molecule has 0 aliphatic carbocycles. The second-order valence-electron chi connectivity index (χ2n) is 3.43. The molecule has 0 radical (unpaired) electrons. The summed E-state index contributed by atoms with van der Waals surface area (Å²) in [4.78, 5) is 20.3. The predicted octanol–water partition coefficient (Wildman–Crippen LogP) is 1.01. The molecule has 0 unspecified atom stereocenters. The molecule has 1 aromatic carbocycles. The van der Waals surface area contributed by atoms with E-state index in [1.807, 2.05) is 30.3 Å². The Morgan fingerprint density at radius 2 is 2.00 bits per heavy atom. The Balaban J connectivity index is 2.13. The van der Waals surface area contributed by atoms with Gasteiger partial charge in [-0.2, -0.15) is 0 Å². The standard InChI is InChI=1S/C11H14N2O3/c14-11(9-13(15)16)12-8-4-7-10-5-2-1-3-6-10/h1-3,5-6H,4,7-9H2,(H,12,14). The number of aryl methyl sites for hydroxylation is 1. The van der Waals surface area contributed by atoms with E-state index in [1.54, 1.807) is 0 Å². The van der Waals surface area contributed by atoms with Crippen LogP contribution in [-0.4, -0.2) is 23.9 Å². The lowest BCUT2D eigenvalue weighted by atomic mass is 10.1. The van der Waals surface area contributed by atoms with Crippen LogP contribution in [0.4, 0.5) is 0 Å². The Morgan fingerprint density at radius 3 is 2.62 bits per heavy atom. The first-order chi connectivity index (χ1) is 7.68. The summed E-state index contributed by atoms with van der Waals surface area (Å²) in [6.45, 7) is -0.174. The van der Waals surface area contributed by atoms with Gasteiger partial charge in [-0.3, -0.25) is 14.9 Å². The number of nitrogens with one attached hydrogen (secondary N) is 1. The van der Waals surface area contributed by atoms with Gasteiger partial charge in [0.05, 0.1) is 0 Å². The fraction of sp³-hybridized carbons (Fsp3) is 0.364. The van der Waals surface area contributed by atoms with E-state index >= 15 is 0 Å². The molecule has 16 heavy (non-hydrogen) atoms. The molecule has 1 amide bonds. The maximum Gasteiger partial charge on any atom is 0.291 e. The van der Waals surface area contributed by atoms with Crippen LogP contribution in [0.25, 0.3) is 0 Å². The molecule has 1 N–H and O–H groups in total. The zero-order valence-corrected chi connectivity index (χ0v) is 8.89. The summed E-state index contributed by atoms with van der Waals surface area (Å²) in [6.07, 6.45) is 1.65. The van der Waals surface area contributed by atoms with Crippen LogP contribution >= 0.6 is 0 Å². The van der Waals surface area contributed by atoms with Gasteiger partial charge in [-0.05, 0) is 18.4 Å². The average molecular weight is 222 g/mol. The summed E-state index contributed by atoms with van der Waals surface area (Å²) in [7, 11) is 0. The molecule has 86 valence electrons. The highest BCUT2D eigenvalue weighted by Gasteiger charge is 2.07. The Kier molecular flexibility index (Phi) is 4.98. The number of nitrogens with zero attached hydrogens (tertiary/aromatic N) is 1. The molecule has 5 nitrogen and oxygen atoms in total. The van der Waals surface area contributed by atoms with E-state index in [4.69, 9.17) is 0 Å². The maximum absolute atomic E-state index is 10.9.